The summed E-state index contributed by atoms with van der Waals surface area (Å²) in [6.07, 6.45) is 0. The summed E-state index contributed by atoms with van der Waals surface area (Å²) in [5, 5.41) is 9.81. The third kappa shape index (κ3) is 4.19. The van der Waals surface area contributed by atoms with Crippen LogP contribution in [-0.2, 0) is 19.7 Å². The summed E-state index contributed by atoms with van der Waals surface area (Å²) in [5.41, 5.74) is 2.19. The fourth-order valence-corrected chi connectivity index (χ4v) is 3.45. The van der Waals surface area contributed by atoms with Crippen LogP contribution in [0.25, 0.3) is 0 Å². The molecule has 5 heteroatoms. The van der Waals surface area contributed by atoms with E-state index in [-0.39, 0.29) is 18.1 Å². The second-order valence-corrected chi connectivity index (χ2v) is 7.74. The van der Waals surface area contributed by atoms with E-state index >= 15 is 0 Å². The molecular weight excluding hydrogens is 312 g/mol. The molecule has 0 aromatic heterocycles. The predicted octanol–water partition coefficient (Wildman–Crippen LogP) is 2.96. The Balaban J connectivity index is 2.25. The van der Waals surface area contributed by atoms with Crippen molar-refractivity contribution in [2.45, 2.75) is 31.1 Å². The Morgan fingerprint density at radius 2 is 1.61 bits per heavy atom. The first-order valence-corrected chi connectivity index (χ1v) is 8.82. The van der Waals surface area contributed by atoms with E-state index < -0.39 is 15.5 Å². The zero-order valence-corrected chi connectivity index (χ0v) is 14.4. The number of benzene rings is 2. The van der Waals surface area contributed by atoms with E-state index in [0.29, 0.717) is 0 Å². The van der Waals surface area contributed by atoms with Gasteiger partial charge in [0.15, 0.2) is 0 Å². The van der Waals surface area contributed by atoms with E-state index in [4.69, 9.17) is 4.18 Å². The molecule has 0 aliphatic heterocycles. The average Bonchev–Trinajstić information content (AvgIpc) is 2.52. The highest BCUT2D eigenvalue weighted by atomic mass is 32.2. The van der Waals surface area contributed by atoms with Gasteiger partial charge in [0.2, 0.25) is 0 Å². The molecule has 0 radical (unpaired) electrons. The van der Waals surface area contributed by atoms with Crippen LogP contribution in [0.5, 0.6) is 0 Å². The van der Waals surface area contributed by atoms with Gasteiger partial charge in [0.1, 0.15) is 0 Å². The van der Waals surface area contributed by atoms with Gasteiger partial charge in [0, 0.05) is 5.41 Å². The SMILES string of the molecule is Cc1cc(C)cc([C@](C)(CO)COS(=O)(=O)c2ccccc2)c1. The summed E-state index contributed by atoms with van der Waals surface area (Å²) in [5.74, 6) is 0. The molecule has 0 unspecified atom stereocenters. The van der Waals surface area contributed by atoms with Gasteiger partial charge in [-0.3, -0.25) is 4.18 Å². The largest absolute Gasteiger partial charge is 0.395 e. The van der Waals surface area contributed by atoms with E-state index in [9.17, 15) is 13.5 Å². The minimum atomic E-state index is -3.84. The number of rotatable bonds is 6. The molecule has 0 heterocycles. The number of hydrogen-bond acceptors (Lipinski definition) is 4. The van der Waals surface area contributed by atoms with Crippen LogP contribution in [0.15, 0.2) is 53.4 Å². The highest BCUT2D eigenvalue weighted by Crippen LogP contribution is 2.27. The van der Waals surface area contributed by atoms with Gasteiger partial charge < -0.3 is 5.11 Å². The Morgan fingerprint density at radius 3 is 2.13 bits per heavy atom. The van der Waals surface area contributed by atoms with Crippen molar-refractivity contribution in [3.63, 3.8) is 0 Å². The van der Waals surface area contributed by atoms with Crippen LogP contribution in [0.3, 0.4) is 0 Å². The molecule has 1 N–H and O–H groups in total. The van der Waals surface area contributed by atoms with Crippen LogP contribution in [-0.4, -0.2) is 26.7 Å². The van der Waals surface area contributed by atoms with Gasteiger partial charge in [0.05, 0.1) is 18.1 Å². The lowest BCUT2D eigenvalue weighted by Gasteiger charge is -2.28. The van der Waals surface area contributed by atoms with Crippen LogP contribution in [0, 0.1) is 13.8 Å². The van der Waals surface area contributed by atoms with Crippen molar-refractivity contribution in [3.05, 3.63) is 65.2 Å². The fourth-order valence-electron chi connectivity index (χ4n) is 2.41. The lowest BCUT2D eigenvalue weighted by Crippen LogP contribution is -2.34. The molecule has 0 aliphatic rings. The predicted molar refractivity (Wildman–Crippen MR) is 89.9 cm³/mol. The second-order valence-electron chi connectivity index (χ2n) is 6.12. The topological polar surface area (TPSA) is 63.6 Å². The Morgan fingerprint density at radius 1 is 1.04 bits per heavy atom. The number of aliphatic hydroxyl groups excluding tert-OH is 1. The van der Waals surface area contributed by atoms with Crippen LogP contribution < -0.4 is 0 Å². The summed E-state index contributed by atoms with van der Waals surface area (Å²) in [7, 11) is -3.84. The van der Waals surface area contributed by atoms with E-state index in [0.717, 1.165) is 16.7 Å². The van der Waals surface area contributed by atoms with Crippen molar-refractivity contribution in [2.75, 3.05) is 13.2 Å². The van der Waals surface area contributed by atoms with Gasteiger partial charge in [-0.05, 0) is 31.5 Å². The number of aliphatic hydroxyl groups is 1. The smallest absolute Gasteiger partial charge is 0.297 e. The molecule has 0 spiro atoms. The van der Waals surface area contributed by atoms with Gasteiger partial charge in [-0.1, -0.05) is 54.4 Å². The minimum absolute atomic E-state index is 0.112. The highest BCUT2D eigenvalue weighted by Gasteiger charge is 2.30. The van der Waals surface area contributed by atoms with Crippen LogP contribution in [0.1, 0.15) is 23.6 Å². The molecule has 1 atom stereocenters. The quantitative estimate of drug-likeness (QED) is 0.825. The van der Waals surface area contributed by atoms with E-state index in [1.165, 1.54) is 12.1 Å². The van der Waals surface area contributed by atoms with E-state index in [1.807, 2.05) is 32.0 Å². The molecule has 0 saturated carbocycles. The van der Waals surface area contributed by atoms with Crippen molar-refractivity contribution in [1.82, 2.24) is 0 Å². The normalized spacial score (nSPS) is 14.4. The summed E-state index contributed by atoms with van der Waals surface area (Å²) in [6, 6.07) is 13.9. The number of hydrogen-bond donors (Lipinski definition) is 1. The first-order chi connectivity index (χ1) is 10.8. The van der Waals surface area contributed by atoms with Crippen molar-refractivity contribution in [1.29, 1.82) is 0 Å². The lowest BCUT2D eigenvalue weighted by molar-refractivity contribution is 0.145. The van der Waals surface area contributed by atoms with Crippen LogP contribution >= 0.6 is 0 Å². The molecular formula is C18H22O4S. The Labute approximate surface area is 137 Å². The molecule has 0 aliphatic carbocycles. The molecule has 23 heavy (non-hydrogen) atoms. The molecule has 124 valence electrons. The maximum absolute atomic E-state index is 12.3. The zero-order valence-electron chi connectivity index (χ0n) is 13.6. The fraction of sp³-hybridized carbons (Fsp3) is 0.333. The summed E-state index contributed by atoms with van der Waals surface area (Å²) in [4.78, 5) is 0.112. The maximum Gasteiger partial charge on any atom is 0.297 e. The first-order valence-electron chi connectivity index (χ1n) is 7.41. The summed E-state index contributed by atoms with van der Waals surface area (Å²) in [6.45, 7) is 5.40. The van der Waals surface area contributed by atoms with Crippen LogP contribution in [0.2, 0.25) is 0 Å². The highest BCUT2D eigenvalue weighted by molar-refractivity contribution is 7.86. The molecule has 2 aromatic carbocycles. The molecule has 2 rings (SSSR count). The van der Waals surface area contributed by atoms with E-state index in [1.54, 1.807) is 25.1 Å². The van der Waals surface area contributed by atoms with Gasteiger partial charge >= 0.3 is 0 Å². The lowest BCUT2D eigenvalue weighted by atomic mass is 9.83. The van der Waals surface area contributed by atoms with Gasteiger partial charge in [0.25, 0.3) is 10.1 Å². The average molecular weight is 334 g/mol. The monoisotopic (exact) mass is 334 g/mol. The Hall–Kier alpha value is -1.69. The Bertz CT molecular complexity index is 749. The summed E-state index contributed by atoms with van der Waals surface area (Å²) >= 11 is 0. The number of aryl methyl sites for hydroxylation is 2. The van der Waals surface area contributed by atoms with E-state index in [2.05, 4.69) is 0 Å². The first kappa shape index (κ1) is 17.7. The van der Waals surface area contributed by atoms with Crippen molar-refractivity contribution in [3.8, 4) is 0 Å². The third-order valence-electron chi connectivity index (χ3n) is 3.83. The molecule has 4 nitrogen and oxygen atoms in total. The minimum Gasteiger partial charge on any atom is -0.395 e. The van der Waals surface area contributed by atoms with Crippen molar-refractivity contribution in [2.24, 2.45) is 0 Å². The summed E-state index contributed by atoms with van der Waals surface area (Å²) < 4.78 is 29.7. The van der Waals surface area contributed by atoms with Crippen molar-refractivity contribution < 1.29 is 17.7 Å². The van der Waals surface area contributed by atoms with Gasteiger partial charge in [-0.2, -0.15) is 8.42 Å². The molecule has 0 fully saturated rings. The molecule has 0 bridgehead atoms. The standard InChI is InChI=1S/C18H22O4S/c1-14-9-15(2)11-16(10-14)18(3,12-19)13-22-23(20,21)17-7-5-4-6-8-17/h4-11,19H,12-13H2,1-3H3/t18-/m1/s1. The molecule has 2 aromatic rings. The Kier molecular flexibility index (Phi) is 5.24. The van der Waals surface area contributed by atoms with Crippen molar-refractivity contribution >= 4 is 10.1 Å². The van der Waals surface area contributed by atoms with Gasteiger partial charge in [-0.25, -0.2) is 0 Å². The van der Waals surface area contributed by atoms with Gasteiger partial charge in [-0.15, -0.1) is 0 Å². The molecule has 0 amide bonds. The zero-order chi connectivity index (χ0) is 17.1. The van der Waals surface area contributed by atoms with Crippen LogP contribution in [0.4, 0.5) is 0 Å². The maximum atomic E-state index is 12.3. The third-order valence-corrected chi connectivity index (χ3v) is 5.11. The second kappa shape index (κ2) is 6.83. The molecule has 0 saturated heterocycles.